The van der Waals surface area contributed by atoms with Crippen LogP contribution in [0.3, 0.4) is 0 Å². The predicted octanol–water partition coefficient (Wildman–Crippen LogP) is 5.47. The van der Waals surface area contributed by atoms with Gasteiger partial charge in [0.1, 0.15) is 12.4 Å². The molecule has 170 valence electrons. The summed E-state index contributed by atoms with van der Waals surface area (Å²) < 4.78 is 5.77. The van der Waals surface area contributed by atoms with Crippen molar-refractivity contribution in [3.63, 3.8) is 0 Å². The molecule has 0 spiro atoms. The number of aromatic nitrogens is 1. The lowest BCUT2D eigenvalue weighted by Gasteiger charge is -2.30. The third kappa shape index (κ3) is 6.17. The van der Waals surface area contributed by atoms with E-state index in [0.29, 0.717) is 32.5 Å². The minimum atomic E-state index is -0.0181. The highest BCUT2D eigenvalue weighted by atomic mass is 32.1. The van der Waals surface area contributed by atoms with Gasteiger partial charge in [0.05, 0.1) is 10.7 Å². The van der Waals surface area contributed by atoms with Gasteiger partial charge >= 0.3 is 0 Å². The molecule has 0 bridgehead atoms. The molecule has 3 aromatic rings. The largest absolute Gasteiger partial charge is 0.487 e. The highest BCUT2D eigenvalue weighted by molar-refractivity contribution is 7.09. The summed E-state index contributed by atoms with van der Waals surface area (Å²) in [7, 11) is 0. The van der Waals surface area contributed by atoms with Gasteiger partial charge in [0.15, 0.2) is 5.78 Å². The molecule has 1 aliphatic rings. The van der Waals surface area contributed by atoms with Crippen LogP contribution in [0.25, 0.3) is 6.08 Å². The third-order valence-corrected chi connectivity index (χ3v) is 6.69. The number of piperidine rings is 1. The molecule has 1 saturated heterocycles. The van der Waals surface area contributed by atoms with Crippen molar-refractivity contribution in [2.75, 3.05) is 13.1 Å². The number of likely N-dealkylation sites (tertiary alicyclic amines) is 1. The van der Waals surface area contributed by atoms with E-state index in [0.717, 1.165) is 33.1 Å². The first-order valence-electron chi connectivity index (χ1n) is 11.2. The Labute approximate surface area is 198 Å². The van der Waals surface area contributed by atoms with Gasteiger partial charge in [0.25, 0.3) is 0 Å². The maximum Gasteiger partial charge on any atom is 0.246 e. The maximum atomic E-state index is 12.7. The van der Waals surface area contributed by atoms with Crippen LogP contribution >= 0.6 is 11.3 Å². The molecule has 1 fully saturated rings. The molecular weight excluding hydrogens is 432 g/mol. The molecule has 0 aliphatic carbocycles. The number of amides is 1. The van der Waals surface area contributed by atoms with Crippen molar-refractivity contribution in [1.29, 1.82) is 0 Å². The summed E-state index contributed by atoms with van der Waals surface area (Å²) in [6.07, 6.45) is 4.84. The number of hydrogen-bond donors (Lipinski definition) is 0. The van der Waals surface area contributed by atoms with Gasteiger partial charge in [-0.25, -0.2) is 4.98 Å². The molecule has 1 aliphatic heterocycles. The van der Waals surface area contributed by atoms with Gasteiger partial charge in [-0.15, -0.1) is 11.3 Å². The molecule has 5 nitrogen and oxygen atoms in total. The maximum absolute atomic E-state index is 12.7. The second-order valence-corrected chi connectivity index (χ2v) is 9.44. The molecule has 0 saturated carbocycles. The highest BCUT2D eigenvalue weighted by Gasteiger charge is 2.27. The Bertz CT molecular complexity index is 1120. The normalized spacial score (nSPS) is 14.5. The van der Waals surface area contributed by atoms with E-state index in [2.05, 4.69) is 4.98 Å². The molecule has 0 unspecified atom stereocenters. The van der Waals surface area contributed by atoms with Crippen molar-refractivity contribution in [3.05, 3.63) is 87.4 Å². The van der Waals surface area contributed by atoms with Gasteiger partial charge in [-0.2, -0.15) is 0 Å². The summed E-state index contributed by atoms with van der Waals surface area (Å²) in [5.41, 5.74) is 3.77. The Morgan fingerprint density at radius 3 is 2.39 bits per heavy atom. The second kappa shape index (κ2) is 10.6. The zero-order valence-corrected chi connectivity index (χ0v) is 19.8. The Hall–Kier alpha value is -3.25. The van der Waals surface area contributed by atoms with Crippen molar-refractivity contribution in [2.45, 2.75) is 33.3 Å². The average molecular weight is 461 g/mol. The zero-order valence-electron chi connectivity index (χ0n) is 19.0. The van der Waals surface area contributed by atoms with Crippen LogP contribution in [0.2, 0.25) is 0 Å². The molecule has 2 heterocycles. The highest BCUT2D eigenvalue weighted by Crippen LogP contribution is 2.23. The smallest absolute Gasteiger partial charge is 0.246 e. The van der Waals surface area contributed by atoms with Crippen molar-refractivity contribution in [2.24, 2.45) is 5.92 Å². The van der Waals surface area contributed by atoms with E-state index in [1.807, 2.05) is 78.7 Å². The van der Waals surface area contributed by atoms with E-state index in [4.69, 9.17) is 4.74 Å². The van der Waals surface area contributed by atoms with Gasteiger partial charge in [0.2, 0.25) is 5.91 Å². The van der Waals surface area contributed by atoms with Gasteiger partial charge in [-0.3, -0.25) is 9.59 Å². The molecule has 4 rings (SSSR count). The van der Waals surface area contributed by atoms with Crippen molar-refractivity contribution < 1.29 is 14.3 Å². The fourth-order valence-electron chi connectivity index (χ4n) is 3.90. The number of aryl methyl sites for hydroxylation is 2. The summed E-state index contributed by atoms with van der Waals surface area (Å²) in [5, 5.41) is 3.03. The topological polar surface area (TPSA) is 59.5 Å². The van der Waals surface area contributed by atoms with Gasteiger partial charge in [0, 0.05) is 36.0 Å². The van der Waals surface area contributed by atoms with Crippen LogP contribution in [0.4, 0.5) is 0 Å². The number of benzene rings is 2. The van der Waals surface area contributed by atoms with Gasteiger partial charge < -0.3 is 9.64 Å². The molecule has 6 heteroatoms. The molecular formula is C27H28N2O3S. The molecule has 1 amide bonds. The number of rotatable bonds is 7. The molecule has 0 radical (unpaired) electrons. The molecule has 0 N–H and O–H groups in total. The zero-order chi connectivity index (χ0) is 23.2. The van der Waals surface area contributed by atoms with E-state index in [-0.39, 0.29) is 17.6 Å². The van der Waals surface area contributed by atoms with Crippen molar-refractivity contribution in [3.8, 4) is 5.75 Å². The minimum Gasteiger partial charge on any atom is -0.487 e. The number of hydrogen-bond acceptors (Lipinski definition) is 5. The number of ether oxygens (including phenoxy) is 1. The first-order chi connectivity index (χ1) is 16.0. The van der Waals surface area contributed by atoms with Crippen LogP contribution in [-0.2, 0) is 11.4 Å². The van der Waals surface area contributed by atoms with E-state index in [1.165, 1.54) is 0 Å². The lowest BCUT2D eigenvalue weighted by Crippen LogP contribution is -2.39. The second-order valence-electron chi connectivity index (χ2n) is 8.38. The van der Waals surface area contributed by atoms with Crippen LogP contribution in [-0.4, -0.2) is 34.7 Å². The Morgan fingerprint density at radius 2 is 1.76 bits per heavy atom. The van der Waals surface area contributed by atoms with E-state index in [1.54, 1.807) is 17.4 Å². The number of carbonyl (C=O) groups is 2. The molecule has 2 aromatic carbocycles. The summed E-state index contributed by atoms with van der Waals surface area (Å²) in [6, 6.07) is 15.4. The predicted molar refractivity (Wildman–Crippen MR) is 131 cm³/mol. The van der Waals surface area contributed by atoms with Crippen LogP contribution in [0, 0.1) is 19.8 Å². The minimum absolute atomic E-state index is 0.0125. The molecule has 33 heavy (non-hydrogen) atoms. The summed E-state index contributed by atoms with van der Waals surface area (Å²) in [5.74, 6) is 0.922. The molecule has 0 atom stereocenters. The number of nitrogens with zero attached hydrogens (tertiary/aromatic N) is 2. The quantitative estimate of drug-likeness (QED) is 0.346. The van der Waals surface area contributed by atoms with Crippen molar-refractivity contribution >= 4 is 29.1 Å². The third-order valence-electron chi connectivity index (χ3n) is 5.87. The van der Waals surface area contributed by atoms with Crippen LogP contribution in [0.5, 0.6) is 5.75 Å². The number of ketones is 1. The van der Waals surface area contributed by atoms with Crippen LogP contribution < -0.4 is 4.74 Å². The van der Waals surface area contributed by atoms with E-state index < -0.39 is 0 Å². The van der Waals surface area contributed by atoms with Crippen LogP contribution in [0.15, 0.2) is 60.0 Å². The fraction of sp³-hybridized carbons (Fsp3) is 0.296. The van der Waals surface area contributed by atoms with Crippen molar-refractivity contribution in [1.82, 2.24) is 9.88 Å². The number of thiazole rings is 1. The van der Waals surface area contributed by atoms with Gasteiger partial charge in [-0.05, 0) is 50.5 Å². The van der Waals surface area contributed by atoms with E-state index >= 15 is 0 Å². The standard InChI is InChI=1S/C27H28N2O3S/c1-19-3-8-22(9-4-19)27(31)23-13-15-29(16-14-23)26(30)12-7-21-5-10-25(11-6-21)32-17-24-18-33-20(2)28-24/h3-12,18,23H,13-17H2,1-2H3/b12-7+. The first-order valence-corrected chi connectivity index (χ1v) is 12.1. The molecule has 1 aromatic heterocycles. The number of carbonyl (C=O) groups excluding carboxylic acids is 2. The Balaban J connectivity index is 1.25. The lowest BCUT2D eigenvalue weighted by atomic mass is 9.88. The summed E-state index contributed by atoms with van der Waals surface area (Å²) in [4.78, 5) is 31.5. The summed E-state index contributed by atoms with van der Waals surface area (Å²) >= 11 is 1.61. The van der Waals surface area contributed by atoms with E-state index in [9.17, 15) is 9.59 Å². The average Bonchev–Trinajstić information content (AvgIpc) is 3.27. The first kappa shape index (κ1) is 22.9. The monoisotopic (exact) mass is 460 g/mol. The van der Waals surface area contributed by atoms with Gasteiger partial charge in [-0.1, -0.05) is 42.0 Å². The summed E-state index contributed by atoms with van der Waals surface area (Å²) in [6.45, 7) is 5.64. The SMILES string of the molecule is Cc1ccc(C(=O)C2CCN(C(=O)/C=C/c3ccc(OCc4csc(C)n4)cc3)CC2)cc1. The Kier molecular flexibility index (Phi) is 7.35. The van der Waals surface area contributed by atoms with Crippen LogP contribution in [0.1, 0.15) is 45.0 Å². The number of Topliss-reactive ketones (excluding diaryl/α,β-unsaturated/α-hetero) is 1. The lowest BCUT2D eigenvalue weighted by molar-refractivity contribution is -0.127. The fourth-order valence-corrected chi connectivity index (χ4v) is 4.49. The Morgan fingerprint density at radius 1 is 1.06 bits per heavy atom.